The lowest BCUT2D eigenvalue weighted by Crippen LogP contribution is -2.61. The summed E-state index contributed by atoms with van der Waals surface area (Å²) >= 11 is 0. The van der Waals surface area contributed by atoms with E-state index in [-0.39, 0.29) is 65.8 Å². The van der Waals surface area contributed by atoms with Gasteiger partial charge < -0.3 is 27.9 Å². The molecule has 0 aliphatic carbocycles. The lowest BCUT2D eigenvalue weighted by Gasteiger charge is -2.46. The first-order valence-corrected chi connectivity index (χ1v) is 37.1. The zero-order chi connectivity index (χ0) is 87.4. The second kappa shape index (κ2) is 23.8. The molecule has 0 N–H and O–H groups in total. The van der Waals surface area contributed by atoms with E-state index in [0.717, 1.165) is 93.8 Å². The largest absolute Gasteiger partial charge is 0.456 e. The molecule has 6 nitrogen and oxygen atoms in total. The van der Waals surface area contributed by atoms with Crippen molar-refractivity contribution in [2.75, 3.05) is 9.80 Å². The molecule has 6 heterocycles. The molecule has 4 aromatic heterocycles. The third kappa shape index (κ3) is 9.88. The van der Waals surface area contributed by atoms with Crippen molar-refractivity contribution in [3.63, 3.8) is 0 Å². The molecule has 0 fully saturated rings. The van der Waals surface area contributed by atoms with Crippen molar-refractivity contribution in [2.24, 2.45) is 0 Å². The summed E-state index contributed by atoms with van der Waals surface area (Å²) in [7, 11) is 0. The van der Waals surface area contributed by atoms with Gasteiger partial charge in [-0.3, -0.25) is 0 Å². The maximum Gasteiger partial charge on any atom is 0.252 e. The van der Waals surface area contributed by atoms with Crippen LogP contribution in [-0.2, 0) is 16.2 Å². The molecule has 2 aliphatic rings. The maximum atomic E-state index is 10.3. The molecule has 0 unspecified atom stereocenters. The van der Waals surface area contributed by atoms with Crippen LogP contribution in [0.2, 0.25) is 0 Å². The smallest absolute Gasteiger partial charge is 0.252 e. The Balaban J connectivity index is 1.02. The lowest BCUT2D eigenvalue weighted by molar-refractivity contribution is 0.590. The summed E-state index contributed by atoms with van der Waals surface area (Å²) in [4.78, 5) is 4.51. The number of para-hydroxylation sites is 5. The van der Waals surface area contributed by atoms with Crippen molar-refractivity contribution in [3.05, 3.63) is 338 Å². The zero-order valence-corrected chi connectivity index (χ0v) is 61.6. The maximum absolute atomic E-state index is 10.3. The Bertz CT molecular complexity index is 7730. The van der Waals surface area contributed by atoms with Gasteiger partial charge in [0, 0.05) is 88.5 Å². The van der Waals surface area contributed by atoms with Crippen molar-refractivity contribution in [3.8, 4) is 50.4 Å². The molecule has 19 aromatic rings. The quantitative estimate of drug-likeness (QED) is 0.142. The Morgan fingerprint density at radius 3 is 1.15 bits per heavy atom. The van der Waals surface area contributed by atoms with Crippen LogP contribution in [0.25, 0.3) is 138 Å². The number of anilines is 6. The summed E-state index contributed by atoms with van der Waals surface area (Å²) in [5.74, 6) is 0. The van der Waals surface area contributed by atoms with Crippen LogP contribution in [-0.4, -0.2) is 20.4 Å². The van der Waals surface area contributed by atoms with Crippen molar-refractivity contribution in [1.82, 2.24) is 13.7 Å². The molecule has 0 saturated heterocycles. The van der Waals surface area contributed by atoms with Crippen molar-refractivity contribution < 1.29 is 26.3 Å². The summed E-state index contributed by atoms with van der Waals surface area (Å²) in [5.41, 5.74) is 16.7. The Hall–Kier alpha value is -12.8. The van der Waals surface area contributed by atoms with Gasteiger partial charge in [-0.15, -0.1) is 0 Å². The summed E-state index contributed by atoms with van der Waals surface area (Å²) in [6.07, 6.45) is 0. The number of hydrogen-bond acceptors (Lipinski definition) is 3. The standard InChI is InChI=1S/C102H80BN5O/c1-100(2,3)66-45-52-88-80(55-66)81-56-67(101(4,5)6)46-53-89(81)105(88)70-48-51-83-91(60-70)108(99-72(63-29-13-10-14-30-63)49-54-95-96(99)77-39-23-28-44-94(77)109-95)93-62-71(106-86-42-26-21-37-75(86)76-38-22-27-43-87(76)106)61-92-97(93)103(83)82-50-47-69(104-84-40-24-19-35-73(84)74-36-20-25-41-85(74)104)59-90(82)107(92)98-78(64-31-15-11-16-32-64)57-68(102(7,8)9)58-79(98)65-33-17-12-18-34-65/h10-62H,1-9H3/i19D,20D,21D,22D,24D,25D,26D,27D,35D,36D,37D,38D,40D,41D,42D,43D. The predicted molar refractivity (Wildman–Crippen MR) is 463 cm³/mol. The van der Waals surface area contributed by atoms with Crippen LogP contribution >= 0.6 is 0 Å². The van der Waals surface area contributed by atoms with Crippen molar-refractivity contribution in [1.29, 1.82) is 0 Å². The van der Waals surface area contributed by atoms with Gasteiger partial charge in [-0.1, -0.05) is 268 Å². The highest BCUT2D eigenvalue weighted by atomic mass is 16.3. The van der Waals surface area contributed by atoms with Gasteiger partial charge in [-0.2, -0.15) is 0 Å². The second-order valence-electron chi connectivity index (χ2n) is 32.1. The second-order valence-corrected chi connectivity index (χ2v) is 32.1. The lowest BCUT2D eigenvalue weighted by atomic mass is 9.33. The third-order valence-corrected chi connectivity index (χ3v) is 22.6. The molecule has 7 heteroatoms. The fourth-order valence-corrected chi connectivity index (χ4v) is 17.3. The van der Waals surface area contributed by atoms with E-state index in [0.29, 0.717) is 56.2 Å². The molecule has 15 aromatic carbocycles. The number of nitrogens with zero attached hydrogens (tertiary/aromatic N) is 5. The number of aromatic nitrogens is 3. The van der Waals surface area contributed by atoms with Crippen LogP contribution in [0.4, 0.5) is 34.1 Å². The monoisotopic (exact) mass is 1420 g/mol. The average Bonchev–Trinajstić information content (AvgIpc) is 1.58. The number of hydrogen-bond donors (Lipinski definition) is 0. The van der Waals surface area contributed by atoms with Crippen LogP contribution in [0, 0.1) is 0 Å². The minimum atomic E-state index is -0.841. The Labute approximate surface area is 658 Å². The molecule has 2 aliphatic heterocycles. The molecule has 0 radical (unpaired) electrons. The van der Waals surface area contributed by atoms with Gasteiger partial charge >= 0.3 is 0 Å². The Kier molecular flexibility index (Phi) is 10.9. The number of rotatable bonds is 8. The molecule has 109 heavy (non-hydrogen) atoms. The van der Waals surface area contributed by atoms with E-state index < -0.39 is 109 Å². The first-order valence-electron chi connectivity index (χ1n) is 45.1. The summed E-state index contributed by atoms with van der Waals surface area (Å²) in [5, 5.41) is 3.18. The van der Waals surface area contributed by atoms with Crippen LogP contribution in [0.15, 0.2) is 326 Å². The first kappa shape index (κ1) is 49.9. The molecule has 522 valence electrons. The topological polar surface area (TPSA) is 34.4 Å². The molecule has 0 amide bonds. The average molecular weight is 1420 g/mol. The molecular formula is C102H80BN5O. The van der Waals surface area contributed by atoms with Crippen molar-refractivity contribution >= 4 is 145 Å². The van der Waals surface area contributed by atoms with E-state index in [4.69, 9.17) is 4.42 Å². The minimum Gasteiger partial charge on any atom is -0.456 e. The Morgan fingerprint density at radius 2 is 0.688 bits per heavy atom. The van der Waals surface area contributed by atoms with Crippen LogP contribution in [0.1, 0.15) is 101 Å². The van der Waals surface area contributed by atoms with E-state index in [1.165, 1.54) is 4.57 Å². The van der Waals surface area contributed by atoms with Crippen LogP contribution in [0.5, 0.6) is 0 Å². The van der Waals surface area contributed by atoms with Gasteiger partial charge in [0.1, 0.15) is 11.2 Å². The van der Waals surface area contributed by atoms with E-state index in [9.17, 15) is 21.9 Å². The van der Waals surface area contributed by atoms with Crippen LogP contribution < -0.4 is 26.2 Å². The summed E-state index contributed by atoms with van der Waals surface area (Å²) in [6, 6.07) is 67.9. The van der Waals surface area contributed by atoms with E-state index in [2.05, 4.69) is 192 Å². The highest BCUT2D eigenvalue weighted by Gasteiger charge is 2.47. The molecule has 0 saturated carbocycles. The van der Waals surface area contributed by atoms with Gasteiger partial charge in [-0.25, -0.2) is 0 Å². The summed E-state index contributed by atoms with van der Waals surface area (Å²) in [6.45, 7) is 19.0. The molecule has 21 rings (SSSR count). The third-order valence-electron chi connectivity index (χ3n) is 22.6. The SMILES string of the molecule is [2H]c1c([2H])c([2H])c2c(c1[2H])c1c([2H])c([2H])c([2H])c([2H])c1n2-c1ccc2c(c1)N(c1c(-c3ccccc3)cc(C(C)(C)C)cc1-c1ccccc1)c1cc(-n3c4c([2H])c([2H])c([2H])c([2H])c4c4c([2H])c([2H])c([2H])c([2H])c43)cc3c1B2c1ccc(-n2c4ccc(C(C)(C)C)cc4c4cc(C(C)(C)C)ccc42)cc1N3c1c(-c2ccccc2)ccc2oc3ccccc3c12. The fourth-order valence-electron chi connectivity index (χ4n) is 17.3. The van der Waals surface area contributed by atoms with E-state index in [1.54, 1.807) is 4.57 Å². The molecule has 0 spiro atoms. The number of benzene rings is 15. The van der Waals surface area contributed by atoms with E-state index in [1.807, 2.05) is 109 Å². The number of fused-ring (bicyclic) bond motifs is 16. The first-order chi connectivity index (χ1) is 59.6. The Morgan fingerprint density at radius 1 is 0.294 bits per heavy atom. The highest BCUT2D eigenvalue weighted by molar-refractivity contribution is 7.00. The molecule has 0 atom stereocenters. The molecular weight excluding hydrogens is 1320 g/mol. The predicted octanol–water partition coefficient (Wildman–Crippen LogP) is 25.9. The van der Waals surface area contributed by atoms with E-state index >= 15 is 0 Å². The normalized spacial score (nSPS) is 15.2. The summed E-state index contributed by atoms with van der Waals surface area (Å²) < 4.78 is 168. The zero-order valence-electron chi connectivity index (χ0n) is 77.6. The van der Waals surface area contributed by atoms with Gasteiger partial charge in [0.15, 0.2) is 0 Å². The molecule has 0 bridgehead atoms. The van der Waals surface area contributed by atoms with Gasteiger partial charge in [-0.05, 0) is 181 Å². The number of furan rings is 1. The van der Waals surface area contributed by atoms with Crippen molar-refractivity contribution in [2.45, 2.75) is 78.6 Å². The van der Waals surface area contributed by atoms with Gasteiger partial charge in [0.25, 0.3) is 6.71 Å². The van der Waals surface area contributed by atoms with Gasteiger partial charge in [0.05, 0.1) is 77.5 Å². The van der Waals surface area contributed by atoms with Gasteiger partial charge in [0.2, 0.25) is 0 Å². The minimum absolute atomic E-state index is 0.0917. The fraction of sp³-hybridized carbons (Fsp3) is 0.118. The van der Waals surface area contributed by atoms with Crippen LogP contribution in [0.3, 0.4) is 0 Å². The highest BCUT2D eigenvalue weighted by Crippen LogP contribution is 2.56.